The van der Waals surface area contributed by atoms with Crippen molar-refractivity contribution in [3.05, 3.63) is 54.2 Å². The van der Waals surface area contributed by atoms with Crippen LogP contribution in [0.2, 0.25) is 0 Å². The molecule has 10 nitrogen and oxygen atoms in total. The van der Waals surface area contributed by atoms with Crippen LogP contribution in [0.4, 0.5) is 5.13 Å². The quantitative estimate of drug-likeness (QED) is 0.352. The molecule has 4 aromatic rings. The highest BCUT2D eigenvalue weighted by Gasteiger charge is 2.21. The summed E-state index contributed by atoms with van der Waals surface area (Å²) >= 11 is 3.94. The SMILES string of the molecule is Cc1nsc(NC(=O)c2nc(Sc3nncn3C)ccc2Sc2ccc(O[C@H]3CCN(C)C3)cc2)n1. The Morgan fingerprint density at radius 2 is 1.97 bits per heavy atom. The van der Waals surface area contributed by atoms with Crippen LogP contribution in [0.15, 0.2) is 62.7 Å². The predicted octanol–water partition coefficient (Wildman–Crippen LogP) is 4.01. The predicted molar refractivity (Wildman–Crippen MR) is 139 cm³/mol. The Morgan fingerprint density at radius 1 is 1.14 bits per heavy atom. The fraction of sp³-hybridized carbons (Fsp3) is 0.304. The number of ether oxygens (including phenoxy) is 1. The van der Waals surface area contributed by atoms with Gasteiger partial charge in [0.15, 0.2) is 5.16 Å². The third-order valence-electron chi connectivity index (χ3n) is 5.36. The summed E-state index contributed by atoms with van der Waals surface area (Å²) in [6.45, 7) is 3.77. The molecule has 1 aliphatic heterocycles. The van der Waals surface area contributed by atoms with E-state index >= 15 is 0 Å². The van der Waals surface area contributed by atoms with Crippen molar-refractivity contribution in [2.75, 3.05) is 25.5 Å². The molecule has 5 rings (SSSR count). The van der Waals surface area contributed by atoms with Crippen molar-refractivity contribution in [2.24, 2.45) is 7.05 Å². The maximum Gasteiger partial charge on any atom is 0.277 e. The van der Waals surface area contributed by atoms with E-state index in [4.69, 9.17) is 4.74 Å². The van der Waals surface area contributed by atoms with E-state index in [-0.39, 0.29) is 12.0 Å². The Balaban J connectivity index is 1.36. The van der Waals surface area contributed by atoms with Gasteiger partial charge in [0.1, 0.15) is 34.7 Å². The van der Waals surface area contributed by atoms with E-state index in [0.717, 1.165) is 46.6 Å². The number of carbonyl (C=O) groups is 1. The van der Waals surface area contributed by atoms with E-state index in [1.165, 1.54) is 23.5 Å². The van der Waals surface area contributed by atoms with Crippen molar-refractivity contribution in [3.8, 4) is 5.75 Å². The van der Waals surface area contributed by atoms with Gasteiger partial charge < -0.3 is 14.2 Å². The highest BCUT2D eigenvalue weighted by Crippen LogP contribution is 2.34. The number of likely N-dealkylation sites (N-methyl/N-ethyl adjacent to an activating group) is 1. The summed E-state index contributed by atoms with van der Waals surface area (Å²) in [7, 11) is 3.96. The van der Waals surface area contributed by atoms with Crippen LogP contribution in [0.5, 0.6) is 5.75 Å². The third kappa shape index (κ3) is 6.03. The fourth-order valence-corrected chi connectivity index (χ4v) is 5.80. The summed E-state index contributed by atoms with van der Waals surface area (Å²) in [6, 6.07) is 11.7. The van der Waals surface area contributed by atoms with Crippen LogP contribution in [0.3, 0.4) is 0 Å². The Hall–Kier alpha value is -3.00. The molecular formula is C23H24N8O2S3. The van der Waals surface area contributed by atoms with Crippen LogP contribution in [-0.4, -0.2) is 66.2 Å². The van der Waals surface area contributed by atoms with Gasteiger partial charge in [0.05, 0.1) is 0 Å². The van der Waals surface area contributed by atoms with E-state index < -0.39 is 0 Å². The fourth-order valence-electron chi connectivity index (χ4n) is 3.59. The van der Waals surface area contributed by atoms with Gasteiger partial charge in [-0.15, -0.1) is 10.2 Å². The maximum atomic E-state index is 13.2. The highest BCUT2D eigenvalue weighted by atomic mass is 32.2. The number of amides is 1. The lowest BCUT2D eigenvalue weighted by Crippen LogP contribution is -2.21. The van der Waals surface area contributed by atoms with Gasteiger partial charge in [0.2, 0.25) is 5.13 Å². The zero-order chi connectivity index (χ0) is 25.1. The summed E-state index contributed by atoms with van der Waals surface area (Å²) in [4.78, 5) is 26.1. The monoisotopic (exact) mass is 540 g/mol. The Morgan fingerprint density at radius 3 is 2.64 bits per heavy atom. The second-order valence-electron chi connectivity index (χ2n) is 8.29. The molecule has 1 saturated heterocycles. The highest BCUT2D eigenvalue weighted by molar-refractivity contribution is 7.99. The van der Waals surface area contributed by atoms with Gasteiger partial charge in [0, 0.05) is 41.5 Å². The molecule has 0 aliphatic carbocycles. The first-order valence-corrected chi connectivity index (χ1v) is 13.6. The minimum Gasteiger partial charge on any atom is -0.489 e. The van der Waals surface area contributed by atoms with Crippen molar-refractivity contribution >= 4 is 46.1 Å². The number of anilines is 1. The lowest BCUT2D eigenvalue weighted by Gasteiger charge is -2.14. The first kappa shape index (κ1) is 24.7. The van der Waals surface area contributed by atoms with Crippen molar-refractivity contribution in [2.45, 2.75) is 39.4 Å². The molecule has 1 atom stereocenters. The average molecular weight is 541 g/mol. The number of aromatic nitrogens is 6. The molecule has 0 bridgehead atoms. The summed E-state index contributed by atoms with van der Waals surface area (Å²) in [5, 5.41) is 12.6. The van der Waals surface area contributed by atoms with Crippen molar-refractivity contribution in [3.63, 3.8) is 0 Å². The number of hydrogen-bond donors (Lipinski definition) is 1. The molecule has 1 fully saturated rings. The van der Waals surface area contributed by atoms with Crippen LogP contribution < -0.4 is 10.1 Å². The number of hydrogen-bond acceptors (Lipinski definition) is 11. The molecular weight excluding hydrogens is 517 g/mol. The third-order valence-corrected chi connectivity index (χ3v) is 8.13. The van der Waals surface area contributed by atoms with Gasteiger partial charge in [-0.25, -0.2) is 9.97 Å². The Kier molecular flexibility index (Phi) is 7.51. The van der Waals surface area contributed by atoms with Gasteiger partial charge in [-0.3, -0.25) is 10.1 Å². The molecule has 0 unspecified atom stereocenters. The molecule has 3 aromatic heterocycles. The van der Waals surface area contributed by atoms with E-state index in [0.29, 0.717) is 26.8 Å². The molecule has 0 saturated carbocycles. The molecule has 13 heteroatoms. The number of nitrogens with zero attached hydrogens (tertiary/aromatic N) is 7. The van der Waals surface area contributed by atoms with Crippen molar-refractivity contribution in [1.29, 1.82) is 0 Å². The van der Waals surface area contributed by atoms with E-state index in [9.17, 15) is 4.79 Å². The molecule has 36 heavy (non-hydrogen) atoms. The van der Waals surface area contributed by atoms with E-state index in [2.05, 4.69) is 41.8 Å². The smallest absolute Gasteiger partial charge is 0.277 e. The van der Waals surface area contributed by atoms with Gasteiger partial charge in [-0.2, -0.15) is 4.37 Å². The van der Waals surface area contributed by atoms with E-state index in [1.54, 1.807) is 17.8 Å². The van der Waals surface area contributed by atoms with Gasteiger partial charge in [-0.1, -0.05) is 11.8 Å². The molecule has 4 heterocycles. The first-order chi connectivity index (χ1) is 17.4. The molecule has 1 N–H and O–H groups in total. The number of likely N-dealkylation sites (tertiary alicyclic amines) is 1. The normalized spacial score (nSPS) is 15.8. The largest absolute Gasteiger partial charge is 0.489 e. The van der Waals surface area contributed by atoms with Crippen LogP contribution in [0, 0.1) is 6.92 Å². The lowest BCUT2D eigenvalue weighted by atomic mass is 10.3. The van der Waals surface area contributed by atoms with Crippen molar-refractivity contribution in [1.82, 2.24) is 34.0 Å². The number of aryl methyl sites for hydroxylation is 2. The number of pyridine rings is 1. The standard InChI is InChI=1S/C23H24N8O2S3/c1-14-25-22(36-29-14)27-21(32)20-18(8-9-19(26-20)35-23-28-24-13-31(23)3)34-17-6-4-15(5-7-17)33-16-10-11-30(2)12-16/h4-9,13,16H,10-12H2,1-3H3,(H,25,27,29,32)/t16-/m0/s1. The molecule has 0 spiro atoms. The first-order valence-electron chi connectivity index (χ1n) is 11.2. The maximum absolute atomic E-state index is 13.2. The number of carbonyl (C=O) groups excluding carboxylic acids is 1. The van der Waals surface area contributed by atoms with Crippen molar-refractivity contribution < 1.29 is 9.53 Å². The molecule has 1 aliphatic rings. The summed E-state index contributed by atoms with van der Waals surface area (Å²) in [5.41, 5.74) is 0.300. The second-order valence-corrected chi connectivity index (χ2v) is 11.1. The molecule has 1 aromatic carbocycles. The molecule has 1 amide bonds. The van der Waals surface area contributed by atoms with Crippen LogP contribution in [0.1, 0.15) is 22.7 Å². The lowest BCUT2D eigenvalue weighted by molar-refractivity contribution is 0.101. The number of rotatable bonds is 8. The Bertz CT molecular complexity index is 1360. The van der Waals surface area contributed by atoms with Crippen LogP contribution >= 0.6 is 35.1 Å². The second kappa shape index (κ2) is 10.9. The Labute approximate surface area is 221 Å². The van der Waals surface area contributed by atoms with Gasteiger partial charge in [0.25, 0.3) is 5.91 Å². The van der Waals surface area contributed by atoms with Gasteiger partial charge in [-0.05, 0) is 68.6 Å². The summed E-state index contributed by atoms with van der Waals surface area (Å²) < 4.78 is 12.0. The minimum atomic E-state index is -0.348. The average Bonchev–Trinajstić information content (AvgIpc) is 3.58. The van der Waals surface area contributed by atoms with Crippen LogP contribution in [0.25, 0.3) is 0 Å². The zero-order valence-corrected chi connectivity index (χ0v) is 22.4. The minimum absolute atomic E-state index is 0.218. The topological polar surface area (TPSA) is 111 Å². The van der Waals surface area contributed by atoms with Crippen LogP contribution in [-0.2, 0) is 7.05 Å². The number of nitrogens with one attached hydrogen (secondary N) is 1. The van der Waals surface area contributed by atoms with E-state index in [1.807, 2.05) is 43.4 Å². The summed E-state index contributed by atoms with van der Waals surface area (Å²) in [5.74, 6) is 1.10. The molecule has 186 valence electrons. The zero-order valence-electron chi connectivity index (χ0n) is 19.9. The molecule has 0 radical (unpaired) electrons. The van der Waals surface area contributed by atoms with Gasteiger partial charge >= 0.3 is 0 Å². The summed E-state index contributed by atoms with van der Waals surface area (Å²) in [6.07, 6.45) is 2.87. The number of benzene rings is 1.